The van der Waals surface area contributed by atoms with E-state index in [9.17, 15) is 0 Å². The molecule has 0 amide bonds. The summed E-state index contributed by atoms with van der Waals surface area (Å²) in [5.41, 5.74) is 1.76. The molecule has 2 aromatic rings. The minimum Gasteiger partial charge on any atom is -0.350 e. The fraction of sp³-hybridized carbons (Fsp3) is 0.364. The van der Waals surface area contributed by atoms with Crippen LogP contribution < -0.4 is 0 Å². The Hall–Kier alpha value is -1.37. The number of rotatable bonds is 4. The van der Waals surface area contributed by atoms with Crippen molar-refractivity contribution in [2.75, 3.05) is 14.2 Å². The summed E-state index contributed by atoms with van der Waals surface area (Å²) in [4.78, 5) is 12.9. The van der Waals surface area contributed by atoms with Crippen LogP contribution >= 0.6 is 11.3 Å². The minimum atomic E-state index is -0.439. The van der Waals surface area contributed by atoms with Crippen molar-refractivity contribution in [1.29, 1.82) is 0 Å². The summed E-state index contributed by atoms with van der Waals surface area (Å²) in [5.74, 6) is 0.623. The van der Waals surface area contributed by atoms with E-state index in [1.54, 1.807) is 26.6 Å². The zero-order valence-electron chi connectivity index (χ0n) is 9.88. The zero-order chi connectivity index (χ0) is 12.3. The van der Waals surface area contributed by atoms with Gasteiger partial charge in [0.15, 0.2) is 10.8 Å². The Morgan fingerprint density at radius 3 is 2.41 bits per heavy atom. The van der Waals surface area contributed by atoms with E-state index in [2.05, 4.69) is 15.0 Å². The van der Waals surface area contributed by atoms with Crippen molar-refractivity contribution in [3.05, 3.63) is 29.0 Å². The first-order chi connectivity index (χ1) is 8.24. The molecule has 0 saturated heterocycles. The Morgan fingerprint density at radius 1 is 1.18 bits per heavy atom. The van der Waals surface area contributed by atoms with E-state index < -0.39 is 6.29 Å². The maximum absolute atomic E-state index is 5.13. The smallest absolute Gasteiger partial charge is 0.201 e. The number of aromatic nitrogens is 3. The van der Waals surface area contributed by atoms with Gasteiger partial charge in [-0.05, 0) is 12.5 Å². The lowest BCUT2D eigenvalue weighted by molar-refractivity contribution is -0.108. The van der Waals surface area contributed by atoms with Crippen LogP contribution in [0.4, 0.5) is 0 Å². The first-order valence-electron chi connectivity index (χ1n) is 5.04. The molecule has 0 unspecified atom stereocenters. The van der Waals surface area contributed by atoms with Gasteiger partial charge in [0.25, 0.3) is 0 Å². The van der Waals surface area contributed by atoms with E-state index >= 15 is 0 Å². The molecule has 0 spiro atoms. The lowest BCUT2D eigenvalue weighted by atomic mass is 10.4. The van der Waals surface area contributed by atoms with Gasteiger partial charge in [0.1, 0.15) is 5.69 Å². The third-order valence-electron chi connectivity index (χ3n) is 2.16. The molecule has 5 nitrogen and oxygen atoms in total. The van der Waals surface area contributed by atoms with E-state index in [0.29, 0.717) is 5.82 Å². The van der Waals surface area contributed by atoms with Crippen molar-refractivity contribution in [1.82, 2.24) is 15.0 Å². The van der Waals surface area contributed by atoms with Crippen LogP contribution in [0.3, 0.4) is 0 Å². The van der Waals surface area contributed by atoms with Crippen LogP contribution in [0.25, 0.3) is 10.8 Å². The predicted molar refractivity (Wildman–Crippen MR) is 64.6 cm³/mol. The quantitative estimate of drug-likeness (QED) is 0.780. The Bertz CT molecular complexity index is 480. The lowest BCUT2D eigenvalue weighted by Crippen LogP contribution is -2.03. The molecule has 0 saturated carbocycles. The molecule has 2 heterocycles. The molecular weight excluding hydrogens is 238 g/mol. The van der Waals surface area contributed by atoms with E-state index in [1.807, 2.05) is 12.3 Å². The first-order valence-corrected chi connectivity index (χ1v) is 5.92. The van der Waals surface area contributed by atoms with E-state index in [0.717, 1.165) is 16.3 Å². The van der Waals surface area contributed by atoms with Gasteiger partial charge in [-0.25, -0.2) is 15.0 Å². The summed E-state index contributed by atoms with van der Waals surface area (Å²) in [5, 5.41) is 2.65. The molecule has 2 aromatic heterocycles. The standard InChI is InChI=1S/C11H13N3O2S/c1-7-4-12-9(13-5-7)10-14-8(6-17-10)11(15-2)16-3/h4-6,11H,1-3H3. The molecule has 0 aromatic carbocycles. The Kier molecular flexibility index (Phi) is 3.78. The van der Waals surface area contributed by atoms with Crippen molar-refractivity contribution in [3.63, 3.8) is 0 Å². The minimum absolute atomic E-state index is 0.439. The Morgan fingerprint density at radius 2 is 1.82 bits per heavy atom. The lowest BCUT2D eigenvalue weighted by Gasteiger charge is -2.09. The van der Waals surface area contributed by atoms with Gasteiger partial charge in [-0.1, -0.05) is 0 Å². The summed E-state index contributed by atoms with van der Waals surface area (Å²) in [6.45, 7) is 1.95. The number of hydrogen-bond acceptors (Lipinski definition) is 6. The van der Waals surface area contributed by atoms with Gasteiger partial charge in [0.2, 0.25) is 6.29 Å². The summed E-state index contributed by atoms with van der Waals surface area (Å²) in [6, 6.07) is 0. The van der Waals surface area contributed by atoms with Gasteiger partial charge in [0.05, 0.1) is 0 Å². The molecule has 0 fully saturated rings. The average molecular weight is 251 g/mol. The topological polar surface area (TPSA) is 57.1 Å². The van der Waals surface area contributed by atoms with Gasteiger partial charge in [-0.3, -0.25) is 0 Å². The fourth-order valence-corrected chi connectivity index (χ4v) is 2.10. The van der Waals surface area contributed by atoms with Crippen LogP contribution in [0.5, 0.6) is 0 Å². The molecule has 0 aliphatic heterocycles. The zero-order valence-corrected chi connectivity index (χ0v) is 10.7. The van der Waals surface area contributed by atoms with Gasteiger partial charge < -0.3 is 9.47 Å². The number of aryl methyl sites for hydroxylation is 1. The van der Waals surface area contributed by atoms with Crippen LogP contribution in [0, 0.1) is 6.92 Å². The molecule has 0 aliphatic carbocycles. The number of hydrogen-bond donors (Lipinski definition) is 0. The van der Waals surface area contributed by atoms with Crippen LogP contribution in [0.1, 0.15) is 17.5 Å². The van der Waals surface area contributed by atoms with Crippen molar-refractivity contribution >= 4 is 11.3 Å². The largest absolute Gasteiger partial charge is 0.350 e. The number of thiazole rings is 1. The van der Waals surface area contributed by atoms with Gasteiger partial charge >= 0.3 is 0 Å². The third kappa shape index (κ3) is 2.66. The molecule has 6 heteroatoms. The van der Waals surface area contributed by atoms with Crippen molar-refractivity contribution < 1.29 is 9.47 Å². The molecule has 0 bridgehead atoms. The fourth-order valence-electron chi connectivity index (χ4n) is 1.34. The highest BCUT2D eigenvalue weighted by Crippen LogP contribution is 2.25. The molecule has 0 atom stereocenters. The monoisotopic (exact) mass is 251 g/mol. The third-order valence-corrected chi connectivity index (χ3v) is 3.02. The van der Waals surface area contributed by atoms with Crippen molar-refractivity contribution in [3.8, 4) is 10.8 Å². The van der Waals surface area contributed by atoms with Crippen LogP contribution in [0.2, 0.25) is 0 Å². The van der Waals surface area contributed by atoms with Gasteiger partial charge in [-0.15, -0.1) is 11.3 Å². The molecule has 0 aliphatic rings. The summed E-state index contributed by atoms with van der Waals surface area (Å²) in [6.07, 6.45) is 3.10. The first kappa shape index (κ1) is 12.1. The average Bonchev–Trinajstić information content (AvgIpc) is 2.81. The molecule has 17 heavy (non-hydrogen) atoms. The molecular formula is C11H13N3O2S. The van der Waals surface area contributed by atoms with Crippen molar-refractivity contribution in [2.24, 2.45) is 0 Å². The SMILES string of the molecule is COC(OC)c1csc(-c2ncc(C)cn2)n1. The molecule has 0 N–H and O–H groups in total. The van der Waals surface area contributed by atoms with Gasteiger partial charge in [-0.2, -0.15) is 0 Å². The number of ether oxygens (including phenoxy) is 2. The Labute approximate surface area is 103 Å². The second-order valence-corrected chi connectivity index (χ2v) is 4.32. The van der Waals surface area contributed by atoms with E-state index in [-0.39, 0.29) is 0 Å². The summed E-state index contributed by atoms with van der Waals surface area (Å²) < 4.78 is 10.3. The highest BCUT2D eigenvalue weighted by Gasteiger charge is 2.15. The van der Waals surface area contributed by atoms with Crippen LogP contribution in [0.15, 0.2) is 17.8 Å². The van der Waals surface area contributed by atoms with E-state index in [1.165, 1.54) is 11.3 Å². The predicted octanol–water partition coefficient (Wildman–Crippen LogP) is 2.20. The number of methoxy groups -OCH3 is 2. The van der Waals surface area contributed by atoms with Crippen molar-refractivity contribution in [2.45, 2.75) is 13.2 Å². The van der Waals surface area contributed by atoms with Crippen LogP contribution in [-0.4, -0.2) is 29.2 Å². The maximum atomic E-state index is 5.13. The normalized spacial score (nSPS) is 11.1. The summed E-state index contributed by atoms with van der Waals surface area (Å²) >= 11 is 1.47. The van der Waals surface area contributed by atoms with Gasteiger partial charge in [0, 0.05) is 32.0 Å². The maximum Gasteiger partial charge on any atom is 0.201 e. The number of nitrogens with zero attached hydrogens (tertiary/aromatic N) is 3. The molecule has 2 rings (SSSR count). The highest BCUT2D eigenvalue weighted by molar-refractivity contribution is 7.13. The van der Waals surface area contributed by atoms with Crippen LogP contribution in [-0.2, 0) is 9.47 Å². The van der Waals surface area contributed by atoms with E-state index in [4.69, 9.17) is 9.47 Å². The summed E-state index contributed by atoms with van der Waals surface area (Å²) in [7, 11) is 3.16. The molecule has 90 valence electrons. The highest BCUT2D eigenvalue weighted by atomic mass is 32.1. The second kappa shape index (κ2) is 5.31. The molecule has 0 radical (unpaired) electrons. The Balaban J connectivity index is 2.26. The second-order valence-electron chi connectivity index (χ2n) is 3.46.